The molecule has 2 aromatic rings. The Kier molecular flexibility index (Phi) is 3.49. The molecule has 23 heavy (non-hydrogen) atoms. The SMILES string of the molecule is O=C1CN(S(=O)(=O)c2cccc([N+](=O)[O-])c2)c2ccccc2N1. The molecule has 0 aliphatic carbocycles. The minimum atomic E-state index is -4.10. The summed E-state index contributed by atoms with van der Waals surface area (Å²) in [6, 6.07) is 11.2. The number of para-hydroxylation sites is 2. The highest BCUT2D eigenvalue weighted by Crippen LogP contribution is 2.33. The normalized spacial score (nSPS) is 14.1. The monoisotopic (exact) mass is 333 g/mol. The Labute approximate surface area is 131 Å². The molecule has 9 heteroatoms. The highest BCUT2D eigenvalue weighted by atomic mass is 32.2. The van der Waals surface area contributed by atoms with Crippen molar-refractivity contribution in [1.82, 2.24) is 0 Å². The zero-order chi connectivity index (χ0) is 16.6. The number of anilines is 2. The molecule has 1 aliphatic rings. The Morgan fingerprint density at radius 2 is 1.87 bits per heavy atom. The second kappa shape index (κ2) is 5.36. The molecule has 0 aromatic heterocycles. The number of sulfonamides is 1. The lowest BCUT2D eigenvalue weighted by Crippen LogP contribution is -2.42. The fraction of sp³-hybridized carbons (Fsp3) is 0.0714. The summed E-state index contributed by atoms with van der Waals surface area (Å²) in [4.78, 5) is 21.7. The zero-order valence-corrected chi connectivity index (χ0v) is 12.5. The number of nitro groups is 1. The number of carbonyl (C=O) groups is 1. The van der Waals surface area contributed by atoms with E-state index in [1.807, 2.05) is 0 Å². The summed E-state index contributed by atoms with van der Waals surface area (Å²) in [5.74, 6) is -0.474. The van der Waals surface area contributed by atoms with Crippen LogP contribution in [0.5, 0.6) is 0 Å². The lowest BCUT2D eigenvalue weighted by atomic mass is 10.2. The summed E-state index contributed by atoms with van der Waals surface area (Å²) in [5.41, 5.74) is 0.359. The summed E-state index contributed by atoms with van der Waals surface area (Å²) in [7, 11) is -4.10. The van der Waals surface area contributed by atoms with Crippen LogP contribution in [0.4, 0.5) is 17.1 Å². The van der Waals surface area contributed by atoms with Gasteiger partial charge in [0, 0.05) is 12.1 Å². The maximum absolute atomic E-state index is 12.8. The van der Waals surface area contributed by atoms with Crippen LogP contribution in [-0.4, -0.2) is 25.8 Å². The molecule has 1 heterocycles. The van der Waals surface area contributed by atoms with Crippen LogP contribution in [0.3, 0.4) is 0 Å². The molecular formula is C14H11N3O5S. The highest BCUT2D eigenvalue weighted by Gasteiger charge is 2.32. The van der Waals surface area contributed by atoms with Gasteiger partial charge in [-0.25, -0.2) is 8.42 Å². The zero-order valence-electron chi connectivity index (χ0n) is 11.7. The number of benzene rings is 2. The van der Waals surface area contributed by atoms with Crippen LogP contribution < -0.4 is 9.62 Å². The van der Waals surface area contributed by atoms with Gasteiger partial charge in [0.2, 0.25) is 5.91 Å². The Balaban J connectivity index is 2.12. The Morgan fingerprint density at radius 3 is 2.61 bits per heavy atom. The van der Waals surface area contributed by atoms with Crippen LogP contribution in [0.25, 0.3) is 0 Å². The minimum absolute atomic E-state index is 0.240. The number of fused-ring (bicyclic) bond motifs is 1. The van der Waals surface area contributed by atoms with Crippen molar-refractivity contribution in [3.63, 3.8) is 0 Å². The van der Waals surface area contributed by atoms with E-state index in [-0.39, 0.29) is 17.1 Å². The van der Waals surface area contributed by atoms with Crippen molar-refractivity contribution in [2.24, 2.45) is 0 Å². The standard InChI is InChI=1S/C14H11N3O5S/c18-14-9-16(13-7-2-1-6-12(13)15-14)23(21,22)11-5-3-4-10(8-11)17(19)20/h1-8H,9H2,(H,15,18). The predicted molar refractivity (Wildman–Crippen MR) is 82.7 cm³/mol. The van der Waals surface area contributed by atoms with Gasteiger partial charge in [0.25, 0.3) is 15.7 Å². The van der Waals surface area contributed by atoms with Crippen LogP contribution in [0.15, 0.2) is 53.4 Å². The van der Waals surface area contributed by atoms with Crippen molar-refractivity contribution in [2.75, 3.05) is 16.2 Å². The van der Waals surface area contributed by atoms with Gasteiger partial charge in [-0.2, -0.15) is 0 Å². The van der Waals surface area contributed by atoms with Crippen LogP contribution in [0.2, 0.25) is 0 Å². The molecule has 0 saturated carbocycles. The maximum Gasteiger partial charge on any atom is 0.270 e. The molecule has 8 nitrogen and oxygen atoms in total. The number of non-ortho nitro benzene ring substituents is 1. The van der Waals surface area contributed by atoms with Crippen molar-refractivity contribution in [1.29, 1.82) is 0 Å². The molecule has 0 atom stereocenters. The average Bonchev–Trinajstić information content (AvgIpc) is 2.54. The lowest BCUT2D eigenvalue weighted by Gasteiger charge is -2.29. The first-order chi connectivity index (χ1) is 10.9. The molecule has 118 valence electrons. The van der Waals surface area contributed by atoms with Crippen LogP contribution in [0.1, 0.15) is 0 Å². The first-order valence-corrected chi connectivity index (χ1v) is 8.00. The second-order valence-electron chi connectivity index (χ2n) is 4.83. The molecule has 0 spiro atoms. The van der Waals surface area contributed by atoms with E-state index in [9.17, 15) is 23.3 Å². The van der Waals surface area contributed by atoms with Crippen molar-refractivity contribution < 1.29 is 18.1 Å². The highest BCUT2D eigenvalue weighted by molar-refractivity contribution is 7.92. The van der Waals surface area contributed by atoms with Gasteiger partial charge >= 0.3 is 0 Å². The summed E-state index contributed by atoms with van der Waals surface area (Å²) in [6.45, 7) is -0.387. The molecule has 1 N–H and O–H groups in total. The Morgan fingerprint density at radius 1 is 1.13 bits per heavy atom. The molecule has 0 saturated heterocycles. The van der Waals surface area contributed by atoms with Crippen molar-refractivity contribution in [3.05, 3.63) is 58.6 Å². The molecule has 0 bridgehead atoms. The topological polar surface area (TPSA) is 110 Å². The number of nitrogens with zero attached hydrogens (tertiary/aromatic N) is 2. The molecule has 3 rings (SSSR count). The van der Waals surface area contributed by atoms with E-state index < -0.39 is 20.9 Å². The first-order valence-electron chi connectivity index (χ1n) is 6.56. The Hall–Kier alpha value is -2.94. The number of carbonyl (C=O) groups excluding carboxylic acids is 1. The van der Waals surface area contributed by atoms with E-state index in [0.717, 1.165) is 10.4 Å². The molecule has 2 aromatic carbocycles. The Bertz CT molecular complexity index is 910. The molecule has 1 amide bonds. The van der Waals surface area contributed by atoms with Crippen LogP contribution in [-0.2, 0) is 14.8 Å². The maximum atomic E-state index is 12.8. The van der Waals surface area contributed by atoms with E-state index in [0.29, 0.717) is 11.4 Å². The fourth-order valence-corrected chi connectivity index (χ4v) is 3.78. The number of rotatable bonds is 3. The number of hydrogen-bond donors (Lipinski definition) is 1. The van der Waals surface area contributed by atoms with Gasteiger partial charge < -0.3 is 5.32 Å². The number of nitrogens with one attached hydrogen (secondary N) is 1. The fourth-order valence-electron chi connectivity index (χ4n) is 2.30. The van der Waals surface area contributed by atoms with Crippen LogP contribution in [0, 0.1) is 10.1 Å². The lowest BCUT2D eigenvalue weighted by molar-refractivity contribution is -0.385. The van der Waals surface area contributed by atoms with Crippen molar-refractivity contribution >= 4 is 33.0 Å². The third kappa shape index (κ3) is 2.61. The molecular weight excluding hydrogens is 322 g/mol. The van der Waals surface area contributed by atoms with Gasteiger partial charge in [-0.3, -0.25) is 19.2 Å². The minimum Gasteiger partial charge on any atom is -0.323 e. The smallest absolute Gasteiger partial charge is 0.270 e. The van der Waals surface area contributed by atoms with E-state index in [1.54, 1.807) is 24.3 Å². The third-order valence-electron chi connectivity index (χ3n) is 3.35. The summed E-state index contributed by atoms with van der Waals surface area (Å²) in [5, 5.41) is 13.4. The van der Waals surface area contributed by atoms with E-state index >= 15 is 0 Å². The van der Waals surface area contributed by atoms with Crippen molar-refractivity contribution in [2.45, 2.75) is 4.90 Å². The third-order valence-corrected chi connectivity index (χ3v) is 5.11. The van der Waals surface area contributed by atoms with E-state index in [1.165, 1.54) is 18.2 Å². The van der Waals surface area contributed by atoms with Crippen LogP contribution >= 0.6 is 0 Å². The summed E-state index contributed by atoms with van der Waals surface area (Å²) in [6.07, 6.45) is 0. The van der Waals surface area contributed by atoms with Gasteiger partial charge in [0.15, 0.2) is 0 Å². The summed E-state index contributed by atoms with van der Waals surface area (Å²) < 4.78 is 26.5. The summed E-state index contributed by atoms with van der Waals surface area (Å²) >= 11 is 0. The van der Waals surface area contributed by atoms with Gasteiger partial charge in [-0.1, -0.05) is 18.2 Å². The number of amides is 1. The largest absolute Gasteiger partial charge is 0.323 e. The number of hydrogen-bond acceptors (Lipinski definition) is 5. The number of nitro benzene ring substituents is 1. The average molecular weight is 333 g/mol. The van der Waals surface area contributed by atoms with E-state index in [4.69, 9.17) is 0 Å². The second-order valence-corrected chi connectivity index (χ2v) is 6.69. The van der Waals surface area contributed by atoms with Gasteiger partial charge in [0.05, 0.1) is 21.2 Å². The molecule has 0 unspecified atom stereocenters. The van der Waals surface area contributed by atoms with Crippen molar-refractivity contribution in [3.8, 4) is 0 Å². The molecule has 1 aliphatic heterocycles. The van der Waals surface area contributed by atoms with E-state index in [2.05, 4.69) is 5.32 Å². The predicted octanol–water partition coefficient (Wildman–Crippen LogP) is 1.74. The molecule has 0 radical (unpaired) electrons. The van der Waals surface area contributed by atoms with Gasteiger partial charge in [-0.05, 0) is 18.2 Å². The van der Waals surface area contributed by atoms with Gasteiger partial charge in [0.1, 0.15) is 6.54 Å². The quantitative estimate of drug-likeness (QED) is 0.679. The molecule has 0 fully saturated rings. The van der Waals surface area contributed by atoms with Gasteiger partial charge in [-0.15, -0.1) is 0 Å². The first kappa shape index (κ1) is 15.0.